The molecule has 106 valence electrons. The fraction of sp³-hybridized carbons (Fsp3) is 0.533. The zero-order valence-corrected chi connectivity index (χ0v) is 12.0. The number of hydrogen-bond donors (Lipinski definition) is 2. The molecule has 0 saturated carbocycles. The molecule has 2 unspecified atom stereocenters. The molecule has 0 radical (unpaired) electrons. The van der Waals surface area contributed by atoms with E-state index in [2.05, 4.69) is 5.32 Å². The molecule has 2 N–H and O–H groups in total. The number of benzene rings is 1. The average molecular weight is 265 g/mol. The summed E-state index contributed by atoms with van der Waals surface area (Å²) in [5, 5.41) is 12.2. The standard InChI is InChI=1S/C15H23NO3/c1-10(2)14(15(17)18)16-12(4)9-19-13-7-5-11(3)6-8-13/h5-8,10,12,14,16H,9H2,1-4H3,(H,17,18). The smallest absolute Gasteiger partial charge is 0.320 e. The molecule has 2 atom stereocenters. The zero-order chi connectivity index (χ0) is 14.4. The van der Waals surface area contributed by atoms with Crippen LogP contribution in [0.5, 0.6) is 5.75 Å². The van der Waals surface area contributed by atoms with Crippen LogP contribution in [0, 0.1) is 12.8 Å². The Bertz CT molecular complexity index is 400. The molecule has 0 bridgehead atoms. The number of hydrogen-bond acceptors (Lipinski definition) is 3. The fourth-order valence-corrected chi connectivity index (χ4v) is 1.76. The van der Waals surface area contributed by atoms with Gasteiger partial charge in [0.15, 0.2) is 0 Å². The summed E-state index contributed by atoms with van der Waals surface area (Å²) in [6.07, 6.45) is 0. The van der Waals surface area contributed by atoms with Crippen molar-refractivity contribution < 1.29 is 14.6 Å². The molecular weight excluding hydrogens is 242 g/mol. The van der Waals surface area contributed by atoms with E-state index in [0.717, 1.165) is 5.75 Å². The summed E-state index contributed by atoms with van der Waals surface area (Å²) in [6.45, 7) is 8.17. The average Bonchev–Trinajstić information content (AvgIpc) is 2.34. The lowest BCUT2D eigenvalue weighted by Gasteiger charge is -2.23. The third-order valence-electron chi connectivity index (χ3n) is 2.92. The topological polar surface area (TPSA) is 58.6 Å². The van der Waals surface area contributed by atoms with Crippen molar-refractivity contribution in [2.24, 2.45) is 5.92 Å². The molecule has 1 rings (SSSR count). The van der Waals surface area contributed by atoms with E-state index in [4.69, 9.17) is 9.84 Å². The van der Waals surface area contributed by atoms with Crippen LogP contribution in [0.2, 0.25) is 0 Å². The highest BCUT2D eigenvalue weighted by atomic mass is 16.5. The highest BCUT2D eigenvalue weighted by molar-refractivity contribution is 5.73. The maximum Gasteiger partial charge on any atom is 0.320 e. The summed E-state index contributed by atoms with van der Waals surface area (Å²) in [5.74, 6) is 0.0205. The van der Waals surface area contributed by atoms with Gasteiger partial charge in [-0.25, -0.2) is 0 Å². The van der Waals surface area contributed by atoms with Gasteiger partial charge in [-0.2, -0.15) is 0 Å². The fourth-order valence-electron chi connectivity index (χ4n) is 1.76. The molecule has 0 aliphatic heterocycles. The Morgan fingerprint density at radius 2 is 1.84 bits per heavy atom. The van der Waals surface area contributed by atoms with Crippen LogP contribution in [0.25, 0.3) is 0 Å². The Balaban J connectivity index is 2.44. The van der Waals surface area contributed by atoms with E-state index in [0.29, 0.717) is 6.61 Å². The molecule has 1 aromatic rings. The third kappa shape index (κ3) is 5.30. The van der Waals surface area contributed by atoms with Crippen molar-refractivity contribution in [2.45, 2.75) is 39.8 Å². The predicted octanol–water partition coefficient (Wildman–Crippen LogP) is 2.46. The summed E-state index contributed by atoms with van der Waals surface area (Å²) in [6, 6.07) is 7.24. The summed E-state index contributed by atoms with van der Waals surface area (Å²) in [4.78, 5) is 11.1. The molecule has 0 spiro atoms. The zero-order valence-electron chi connectivity index (χ0n) is 12.0. The molecule has 4 heteroatoms. The summed E-state index contributed by atoms with van der Waals surface area (Å²) in [5.41, 5.74) is 1.18. The van der Waals surface area contributed by atoms with Crippen LogP contribution in [0.3, 0.4) is 0 Å². The van der Waals surface area contributed by atoms with Crippen molar-refractivity contribution in [1.29, 1.82) is 0 Å². The van der Waals surface area contributed by atoms with Crippen LogP contribution in [0.4, 0.5) is 0 Å². The minimum absolute atomic E-state index is 0.0233. The largest absolute Gasteiger partial charge is 0.492 e. The Morgan fingerprint density at radius 3 is 2.32 bits per heavy atom. The highest BCUT2D eigenvalue weighted by Crippen LogP contribution is 2.12. The lowest BCUT2D eigenvalue weighted by atomic mass is 10.0. The number of aliphatic carboxylic acids is 1. The Kier molecular flexibility index (Phi) is 5.83. The van der Waals surface area contributed by atoms with E-state index in [1.165, 1.54) is 5.56 Å². The number of ether oxygens (including phenoxy) is 1. The van der Waals surface area contributed by atoms with Crippen molar-refractivity contribution in [3.8, 4) is 5.75 Å². The second kappa shape index (κ2) is 7.14. The molecule has 0 aliphatic carbocycles. The SMILES string of the molecule is Cc1ccc(OCC(C)NC(C(=O)O)C(C)C)cc1. The van der Waals surface area contributed by atoms with Gasteiger partial charge in [-0.15, -0.1) is 0 Å². The lowest BCUT2D eigenvalue weighted by Crippen LogP contribution is -2.47. The molecule has 0 heterocycles. The maximum absolute atomic E-state index is 11.1. The second-order valence-electron chi connectivity index (χ2n) is 5.25. The molecule has 0 aliphatic rings. The molecule has 0 aromatic heterocycles. The van der Waals surface area contributed by atoms with Gasteiger partial charge in [0.2, 0.25) is 0 Å². The van der Waals surface area contributed by atoms with E-state index in [9.17, 15) is 4.79 Å². The number of rotatable bonds is 7. The van der Waals surface area contributed by atoms with Crippen LogP contribution in [-0.4, -0.2) is 29.8 Å². The van der Waals surface area contributed by atoms with E-state index in [-0.39, 0.29) is 12.0 Å². The first-order chi connectivity index (χ1) is 8.90. The first-order valence-electron chi connectivity index (χ1n) is 6.58. The number of aryl methyl sites for hydroxylation is 1. The van der Waals surface area contributed by atoms with Crippen LogP contribution in [-0.2, 0) is 4.79 Å². The van der Waals surface area contributed by atoms with Crippen LogP contribution in [0.15, 0.2) is 24.3 Å². The molecular formula is C15H23NO3. The monoisotopic (exact) mass is 265 g/mol. The first-order valence-corrected chi connectivity index (χ1v) is 6.58. The van der Waals surface area contributed by atoms with Gasteiger partial charge in [-0.05, 0) is 31.9 Å². The minimum atomic E-state index is -0.822. The molecule has 1 aromatic carbocycles. The molecule has 0 saturated heterocycles. The summed E-state index contributed by atoms with van der Waals surface area (Å²) in [7, 11) is 0. The van der Waals surface area contributed by atoms with Crippen molar-refractivity contribution in [1.82, 2.24) is 5.32 Å². The Hall–Kier alpha value is -1.55. The Morgan fingerprint density at radius 1 is 1.26 bits per heavy atom. The minimum Gasteiger partial charge on any atom is -0.492 e. The van der Waals surface area contributed by atoms with Crippen molar-refractivity contribution >= 4 is 5.97 Å². The molecule has 0 amide bonds. The van der Waals surface area contributed by atoms with Crippen molar-refractivity contribution in [3.63, 3.8) is 0 Å². The van der Waals surface area contributed by atoms with Gasteiger partial charge in [-0.1, -0.05) is 31.5 Å². The van der Waals surface area contributed by atoms with E-state index >= 15 is 0 Å². The highest BCUT2D eigenvalue weighted by Gasteiger charge is 2.22. The van der Waals surface area contributed by atoms with Gasteiger partial charge < -0.3 is 9.84 Å². The number of carboxylic acid groups (broad SMARTS) is 1. The molecule has 4 nitrogen and oxygen atoms in total. The van der Waals surface area contributed by atoms with Gasteiger partial charge in [0.25, 0.3) is 0 Å². The lowest BCUT2D eigenvalue weighted by molar-refractivity contribution is -0.140. The third-order valence-corrected chi connectivity index (χ3v) is 2.92. The number of carboxylic acids is 1. The van der Waals surface area contributed by atoms with Crippen LogP contribution in [0.1, 0.15) is 26.3 Å². The normalized spacial score (nSPS) is 14.2. The van der Waals surface area contributed by atoms with E-state index < -0.39 is 12.0 Å². The van der Waals surface area contributed by atoms with Gasteiger partial charge in [0, 0.05) is 6.04 Å². The second-order valence-corrected chi connectivity index (χ2v) is 5.25. The summed E-state index contributed by atoms with van der Waals surface area (Å²) < 4.78 is 5.63. The van der Waals surface area contributed by atoms with Gasteiger partial charge >= 0.3 is 5.97 Å². The number of carbonyl (C=O) groups is 1. The quantitative estimate of drug-likeness (QED) is 0.795. The maximum atomic E-state index is 11.1. The first kappa shape index (κ1) is 15.5. The van der Waals surface area contributed by atoms with Crippen LogP contribution < -0.4 is 10.1 Å². The van der Waals surface area contributed by atoms with Gasteiger partial charge in [0.05, 0.1) is 0 Å². The van der Waals surface area contributed by atoms with Gasteiger partial charge in [0.1, 0.15) is 18.4 Å². The molecule has 19 heavy (non-hydrogen) atoms. The van der Waals surface area contributed by atoms with Crippen molar-refractivity contribution in [3.05, 3.63) is 29.8 Å². The summed E-state index contributed by atoms with van der Waals surface area (Å²) >= 11 is 0. The van der Waals surface area contributed by atoms with Crippen LogP contribution >= 0.6 is 0 Å². The Labute approximate surface area is 114 Å². The predicted molar refractivity (Wildman–Crippen MR) is 75.5 cm³/mol. The van der Waals surface area contributed by atoms with Crippen molar-refractivity contribution in [2.75, 3.05) is 6.61 Å². The molecule has 0 fully saturated rings. The van der Waals surface area contributed by atoms with E-state index in [1.54, 1.807) is 0 Å². The van der Waals surface area contributed by atoms with Gasteiger partial charge in [-0.3, -0.25) is 10.1 Å². The van der Waals surface area contributed by atoms with E-state index in [1.807, 2.05) is 52.0 Å². The number of nitrogens with one attached hydrogen (secondary N) is 1.